The molecule has 0 bridgehead atoms. The quantitative estimate of drug-likeness (QED) is 0.663. The van der Waals surface area contributed by atoms with Crippen LogP contribution >= 0.6 is 0 Å². The van der Waals surface area contributed by atoms with Gasteiger partial charge in [0.05, 0.1) is 5.92 Å². The van der Waals surface area contributed by atoms with Crippen LogP contribution < -0.4 is 16.0 Å². The standard InChI is InChI=1S/C14H27N3O2/c1-4-11(3)17-13(18)5-6-16-14(19)12-7-10(2)8-15-9-12/h10-12,15H,4-9H2,1-3H3,(H,16,19)(H,17,18). The lowest BCUT2D eigenvalue weighted by atomic mass is 9.91. The maximum atomic E-state index is 11.9. The summed E-state index contributed by atoms with van der Waals surface area (Å²) in [5.41, 5.74) is 0. The van der Waals surface area contributed by atoms with Gasteiger partial charge in [-0.2, -0.15) is 0 Å². The summed E-state index contributed by atoms with van der Waals surface area (Å²) in [6.07, 6.45) is 2.20. The van der Waals surface area contributed by atoms with Crippen molar-refractivity contribution in [1.29, 1.82) is 0 Å². The van der Waals surface area contributed by atoms with Crippen LogP contribution in [0.3, 0.4) is 0 Å². The monoisotopic (exact) mass is 269 g/mol. The second kappa shape index (κ2) is 8.15. The van der Waals surface area contributed by atoms with Gasteiger partial charge in [0.25, 0.3) is 0 Å². The Morgan fingerprint density at radius 1 is 1.37 bits per heavy atom. The Balaban J connectivity index is 2.18. The highest BCUT2D eigenvalue weighted by atomic mass is 16.2. The third-order valence-corrected chi connectivity index (χ3v) is 3.61. The summed E-state index contributed by atoms with van der Waals surface area (Å²) in [4.78, 5) is 23.5. The predicted octanol–water partition coefficient (Wildman–Crippen LogP) is 0.653. The molecule has 0 aliphatic carbocycles. The zero-order valence-corrected chi connectivity index (χ0v) is 12.3. The third kappa shape index (κ3) is 6.05. The van der Waals surface area contributed by atoms with E-state index in [2.05, 4.69) is 22.9 Å². The van der Waals surface area contributed by atoms with Crippen LogP contribution in [-0.4, -0.2) is 37.5 Å². The van der Waals surface area contributed by atoms with Crippen molar-refractivity contribution in [3.8, 4) is 0 Å². The Morgan fingerprint density at radius 3 is 2.74 bits per heavy atom. The van der Waals surface area contributed by atoms with Crippen LogP contribution in [0.4, 0.5) is 0 Å². The first-order valence-corrected chi connectivity index (χ1v) is 7.30. The molecule has 0 aromatic rings. The minimum absolute atomic E-state index is 0.00443. The van der Waals surface area contributed by atoms with Crippen LogP contribution in [0.1, 0.15) is 40.0 Å². The van der Waals surface area contributed by atoms with Crippen molar-refractivity contribution in [3.05, 3.63) is 0 Å². The van der Waals surface area contributed by atoms with Crippen molar-refractivity contribution in [2.75, 3.05) is 19.6 Å². The molecule has 3 atom stereocenters. The van der Waals surface area contributed by atoms with Crippen LogP contribution in [0.15, 0.2) is 0 Å². The minimum Gasteiger partial charge on any atom is -0.355 e. The van der Waals surface area contributed by atoms with Crippen molar-refractivity contribution in [2.45, 2.75) is 46.1 Å². The third-order valence-electron chi connectivity index (χ3n) is 3.61. The van der Waals surface area contributed by atoms with Gasteiger partial charge < -0.3 is 16.0 Å². The summed E-state index contributed by atoms with van der Waals surface area (Å²) < 4.78 is 0. The first-order chi connectivity index (χ1) is 9.02. The molecule has 1 aliphatic rings. The van der Waals surface area contributed by atoms with Crippen molar-refractivity contribution < 1.29 is 9.59 Å². The normalized spacial score (nSPS) is 24.6. The Hall–Kier alpha value is -1.10. The zero-order valence-electron chi connectivity index (χ0n) is 12.3. The Bertz CT molecular complexity index is 307. The molecular formula is C14H27N3O2. The van der Waals surface area contributed by atoms with E-state index >= 15 is 0 Å². The molecule has 0 aromatic heterocycles. The Kier molecular flexibility index (Phi) is 6.84. The number of hydrogen-bond acceptors (Lipinski definition) is 3. The Morgan fingerprint density at radius 2 is 2.11 bits per heavy atom. The van der Waals surface area contributed by atoms with Gasteiger partial charge in [-0.1, -0.05) is 13.8 Å². The number of nitrogens with one attached hydrogen (secondary N) is 3. The lowest BCUT2D eigenvalue weighted by molar-refractivity contribution is -0.126. The van der Waals surface area contributed by atoms with Gasteiger partial charge in [-0.25, -0.2) is 0 Å². The summed E-state index contributed by atoms with van der Waals surface area (Å²) in [5.74, 6) is 0.653. The number of hydrogen-bond donors (Lipinski definition) is 3. The van der Waals surface area contributed by atoms with Gasteiger partial charge in [0.2, 0.25) is 11.8 Å². The summed E-state index contributed by atoms with van der Waals surface area (Å²) in [5, 5.41) is 9.00. The summed E-state index contributed by atoms with van der Waals surface area (Å²) in [6.45, 7) is 8.31. The molecule has 0 saturated carbocycles. The fourth-order valence-electron chi connectivity index (χ4n) is 2.25. The average molecular weight is 269 g/mol. The van der Waals surface area contributed by atoms with Crippen molar-refractivity contribution in [3.63, 3.8) is 0 Å². The van der Waals surface area contributed by atoms with E-state index < -0.39 is 0 Å². The smallest absolute Gasteiger partial charge is 0.224 e. The lowest BCUT2D eigenvalue weighted by Crippen LogP contribution is -2.44. The van der Waals surface area contributed by atoms with Crippen molar-refractivity contribution in [2.24, 2.45) is 11.8 Å². The van der Waals surface area contributed by atoms with Crippen LogP contribution in [-0.2, 0) is 9.59 Å². The van der Waals surface area contributed by atoms with E-state index in [-0.39, 0.29) is 23.8 Å². The molecule has 0 aromatic carbocycles. The molecule has 1 fully saturated rings. The van der Waals surface area contributed by atoms with Gasteiger partial charge in [0, 0.05) is 25.6 Å². The van der Waals surface area contributed by atoms with E-state index in [0.717, 1.165) is 25.9 Å². The van der Waals surface area contributed by atoms with Gasteiger partial charge in [-0.3, -0.25) is 9.59 Å². The van der Waals surface area contributed by atoms with Crippen LogP contribution in [0, 0.1) is 11.8 Å². The number of rotatable bonds is 6. The molecule has 1 heterocycles. The topological polar surface area (TPSA) is 70.2 Å². The molecule has 5 nitrogen and oxygen atoms in total. The van der Waals surface area contributed by atoms with Crippen molar-refractivity contribution in [1.82, 2.24) is 16.0 Å². The molecule has 1 rings (SSSR count). The molecule has 1 aliphatic heterocycles. The molecule has 0 spiro atoms. The molecule has 3 unspecified atom stereocenters. The van der Waals surface area contributed by atoms with Gasteiger partial charge in [0.1, 0.15) is 0 Å². The van der Waals surface area contributed by atoms with E-state index in [0.29, 0.717) is 18.9 Å². The van der Waals surface area contributed by atoms with Gasteiger partial charge in [-0.15, -0.1) is 0 Å². The van der Waals surface area contributed by atoms with Crippen LogP contribution in [0.2, 0.25) is 0 Å². The van der Waals surface area contributed by atoms with E-state index in [1.54, 1.807) is 0 Å². The SMILES string of the molecule is CCC(C)NC(=O)CCNC(=O)C1CNCC(C)C1. The first kappa shape index (κ1) is 16.0. The molecular weight excluding hydrogens is 242 g/mol. The van der Waals surface area contributed by atoms with Crippen molar-refractivity contribution >= 4 is 11.8 Å². The molecule has 1 saturated heterocycles. The molecule has 2 amide bonds. The van der Waals surface area contributed by atoms with E-state index in [9.17, 15) is 9.59 Å². The number of amides is 2. The lowest BCUT2D eigenvalue weighted by Gasteiger charge is -2.26. The van der Waals surface area contributed by atoms with E-state index in [4.69, 9.17) is 0 Å². The van der Waals surface area contributed by atoms with Crippen LogP contribution in [0.25, 0.3) is 0 Å². The minimum atomic E-state index is 0.00443. The van der Waals surface area contributed by atoms with Gasteiger partial charge >= 0.3 is 0 Å². The first-order valence-electron chi connectivity index (χ1n) is 7.30. The number of piperidine rings is 1. The highest BCUT2D eigenvalue weighted by Crippen LogP contribution is 2.15. The average Bonchev–Trinajstić information content (AvgIpc) is 2.38. The molecule has 110 valence electrons. The zero-order chi connectivity index (χ0) is 14.3. The van der Waals surface area contributed by atoms with E-state index in [1.165, 1.54) is 0 Å². The van der Waals surface area contributed by atoms with Gasteiger partial charge in [0.15, 0.2) is 0 Å². The molecule has 3 N–H and O–H groups in total. The summed E-state index contributed by atoms with van der Waals surface area (Å²) >= 11 is 0. The molecule has 19 heavy (non-hydrogen) atoms. The maximum Gasteiger partial charge on any atom is 0.224 e. The highest BCUT2D eigenvalue weighted by Gasteiger charge is 2.24. The fourth-order valence-corrected chi connectivity index (χ4v) is 2.25. The largest absolute Gasteiger partial charge is 0.355 e. The fraction of sp³-hybridized carbons (Fsp3) is 0.857. The predicted molar refractivity (Wildman–Crippen MR) is 75.7 cm³/mol. The molecule has 0 radical (unpaired) electrons. The summed E-state index contributed by atoms with van der Waals surface area (Å²) in [6, 6.07) is 0.201. The van der Waals surface area contributed by atoms with Gasteiger partial charge in [-0.05, 0) is 32.2 Å². The molecule has 5 heteroatoms. The summed E-state index contributed by atoms with van der Waals surface area (Å²) in [7, 11) is 0. The van der Waals surface area contributed by atoms with E-state index in [1.807, 2.05) is 13.8 Å². The van der Waals surface area contributed by atoms with Crippen LogP contribution in [0.5, 0.6) is 0 Å². The number of carbonyl (C=O) groups excluding carboxylic acids is 2. The number of carbonyl (C=O) groups is 2. The second-order valence-electron chi connectivity index (χ2n) is 5.61. The Labute approximate surface area is 115 Å². The highest BCUT2D eigenvalue weighted by molar-refractivity contribution is 5.80. The maximum absolute atomic E-state index is 11.9. The second-order valence-corrected chi connectivity index (χ2v) is 5.61.